The van der Waals surface area contributed by atoms with E-state index in [1.54, 1.807) is 0 Å². The van der Waals surface area contributed by atoms with Crippen molar-refractivity contribution in [2.45, 2.75) is 84.0 Å². The van der Waals surface area contributed by atoms with Gasteiger partial charge in [0.25, 0.3) is 0 Å². The zero-order valence-corrected chi connectivity index (χ0v) is 13.6. The lowest BCUT2D eigenvalue weighted by atomic mass is 10.1. The van der Waals surface area contributed by atoms with Crippen LogP contribution in [0.4, 0.5) is 9.59 Å². The van der Waals surface area contributed by atoms with Gasteiger partial charge in [-0.05, 0) is 6.42 Å². The van der Waals surface area contributed by atoms with Crippen LogP contribution in [0.3, 0.4) is 0 Å². The van der Waals surface area contributed by atoms with Crippen molar-refractivity contribution in [3.05, 3.63) is 0 Å². The van der Waals surface area contributed by atoms with Crippen molar-refractivity contribution in [3.8, 4) is 0 Å². The van der Waals surface area contributed by atoms with Crippen molar-refractivity contribution in [3.63, 3.8) is 0 Å². The van der Waals surface area contributed by atoms with Crippen LogP contribution < -0.4 is 0 Å². The van der Waals surface area contributed by atoms with Crippen molar-refractivity contribution < 1.29 is 24.6 Å². The lowest BCUT2D eigenvalue weighted by Crippen LogP contribution is -2.39. The molecule has 0 aliphatic carbocycles. The third-order valence-corrected chi connectivity index (χ3v) is 3.63. The largest absolute Gasteiger partial charge is 0.464 e. The molecule has 0 bridgehead atoms. The highest BCUT2D eigenvalue weighted by molar-refractivity contribution is 6.05. The molecule has 128 valence electrons. The Balaban J connectivity index is 3.51. The molecule has 0 fully saturated rings. The average Bonchev–Trinajstić information content (AvgIpc) is 2.44. The van der Waals surface area contributed by atoms with E-state index >= 15 is 0 Å². The second-order valence-corrected chi connectivity index (χ2v) is 5.58. The number of carbonyl (C=O) groups is 3. The number of unbranched alkanes of at least 4 members (excludes halogenated alkanes) is 10. The number of hydrogen-bond donors (Lipinski definition) is 2. The van der Waals surface area contributed by atoms with E-state index in [1.165, 1.54) is 44.9 Å². The van der Waals surface area contributed by atoms with Gasteiger partial charge in [-0.1, -0.05) is 71.1 Å². The van der Waals surface area contributed by atoms with E-state index in [1.807, 2.05) is 0 Å². The summed E-state index contributed by atoms with van der Waals surface area (Å²) in [4.78, 5) is 32.5. The maximum absolute atomic E-state index is 11.5. The van der Waals surface area contributed by atoms with Crippen molar-refractivity contribution in [1.29, 1.82) is 0 Å². The van der Waals surface area contributed by atoms with Crippen LogP contribution in [0.15, 0.2) is 0 Å². The van der Waals surface area contributed by atoms with Crippen LogP contribution in [0.5, 0.6) is 0 Å². The molecule has 0 radical (unpaired) electrons. The molecule has 0 aromatic heterocycles. The van der Waals surface area contributed by atoms with E-state index in [4.69, 9.17) is 10.2 Å². The van der Waals surface area contributed by atoms with Gasteiger partial charge in [0.1, 0.15) is 0 Å². The molecular weight excluding hydrogens is 286 g/mol. The maximum Gasteiger partial charge on any atom is 0.423 e. The number of hydrogen-bond acceptors (Lipinski definition) is 3. The third kappa shape index (κ3) is 10.2. The molecule has 0 heterocycles. The summed E-state index contributed by atoms with van der Waals surface area (Å²) < 4.78 is 0. The van der Waals surface area contributed by atoms with E-state index in [9.17, 15) is 14.4 Å². The Morgan fingerprint density at radius 1 is 0.682 bits per heavy atom. The second-order valence-electron chi connectivity index (χ2n) is 5.58. The minimum absolute atomic E-state index is 0.0321. The fraction of sp³-hybridized carbons (Fsp3) is 0.812. The predicted molar refractivity (Wildman–Crippen MR) is 84.0 cm³/mol. The van der Waals surface area contributed by atoms with Crippen molar-refractivity contribution in [1.82, 2.24) is 4.90 Å². The van der Waals surface area contributed by atoms with Gasteiger partial charge in [0.15, 0.2) is 0 Å². The van der Waals surface area contributed by atoms with Gasteiger partial charge < -0.3 is 10.2 Å². The number of carbonyl (C=O) groups excluding carboxylic acids is 1. The van der Waals surface area contributed by atoms with Crippen LogP contribution in [0, 0.1) is 0 Å². The quantitative estimate of drug-likeness (QED) is 0.501. The van der Waals surface area contributed by atoms with Gasteiger partial charge in [-0.3, -0.25) is 4.79 Å². The van der Waals surface area contributed by atoms with Gasteiger partial charge in [0.05, 0.1) is 0 Å². The normalized spacial score (nSPS) is 10.4. The van der Waals surface area contributed by atoms with Gasteiger partial charge in [-0.25, -0.2) is 9.59 Å². The Kier molecular flexibility index (Phi) is 12.2. The molecule has 0 spiro atoms. The molecule has 0 saturated heterocycles. The summed E-state index contributed by atoms with van der Waals surface area (Å²) in [5.74, 6) is -0.865. The molecule has 0 rings (SSSR count). The van der Waals surface area contributed by atoms with E-state index in [0.717, 1.165) is 19.3 Å². The summed E-state index contributed by atoms with van der Waals surface area (Å²) >= 11 is 0. The van der Waals surface area contributed by atoms with E-state index < -0.39 is 18.1 Å². The molecule has 0 saturated carbocycles. The molecule has 0 aromatic rings. The number of rotatable bonds is 12. The smallest absolute Gasteiger partial charge is 0.423 e. The molecular formula is C16H29NO5. The summed E-state index contributed by atoms with van der Waals surface area (Å²) in [6.45, 7) is 2.21. The van der Waals surface area contributed by atoms with Crippen LogP contribution in [-0.4, -0.2) is 33.2 Å². The Labute approximate surface area is 132 Å². The van der Waals surface area contributed by atoms with Crippen LogP contribution in [-0.2, 0) is 4.79 Å². The minimum Gasteiger partial charge on any atom is -0.464 e. The molecule has 6 heteroatoms. The zero-order chi connectivity index (χ0) is 16.8. The lowest BCUT2D eigenvalue weighted by molar-refractivity contribution is -0.127. The summed E-state index contributed by atoms with van der Waals surface area (Å²) in [6.07, 6.45) is 8.90. The van der Waals surface area contributed by atoms with Gasteiger partial charge >= 0.3 is 12.2 Å². The van der Waals surface area contributed by atoms with Gasteiger partial charge in [-0.2, -0.15) is 0 Å². The van der Waals surface area contributed by atoms with Crippen molar-refractivity contribution >= 4 is 18.1 Å². The molecule has 0 aliphatic heterocycles. The highest BCUT2D eigenvalue weighted by atomic mass is 16.4. The predicted octanol–water partition coefficient (Wildman–Crippen LogP) is 4.87. The van der Waals surface area contributed by atoms with Crippen LogP contribution in [0.1, 0.15) is 84.0 Å². The highest BCUT2D eigenvalue weighted by Gasteiger charge is 2.26. The van der Waals surface area contributed by atoms with Crippen LogP contribution in [0.2, 0.25) is 0 Å². The third-order valence-electron chi connectivity index (χ3n) is 3.63. The first-order valence-corrected chi connectivity index (χ1v) is 8.29. The molecule has 0 atom stereocenters. The maximum atomic E-state index is 11.5. The summed E-state index contributed by atoms with van der Waals surface area (Å²) in [6, 6.07) is 0. The first-order valence-electron chi connectivity index (χ1n) is 8.29. The molecule has 2 N–H and O–H groups in total. The van der Waals surface area contributed by atoms with Gasteiger partial charge in [0, 0.05) is 6.42 Å². The average molecular weight is 315 g/mol. The summed E-state index contributed by atoms with van der Waals surface area (Å²) in [5.41, 5.74) is 0. The van der Waals surface area contributed by atoms with Crippen LogP contribution in [0.25, 0.3) is 0 Å². The first-order chi connectivity index (χ1) is 10.5. The Morgan fingerprint density at radius 3 is 1.41 bits per heavy atom. The van der Waals surface area contributed by atoms with Crippen LogP contribution >= 0.6 is 0 Å². The Bertz CT molecular complexity index is 329. The molecule has 3 amide bonds. The number of nitrogens with zero attached hydrogens (tertiary/aromatic N) is 1. The van der Waals surface area contributed by atoms with E-state index in [2.05, 4.69) is 6.92 Å². The fourth-order valence-corrected chi connectivity index (χ4v) is 2.35. The Hall–Kier alpha value is -1.59. The summed E-state index contributed by atoms with van der Waals surface area (Å²) in [5, 5.41) is 17.2. The molecule has 0 unspecified atom stereocenters. The van der Waals surface area contributed by atoms with Gasteiger partial charge in [-0.15, -0.1) is 4.90 Å². The second kappa shape index (κ2) is 13.1. The van der Waals surface area contributed by atoms with Gasteiger partial charge in [0.2, 0.25) is 5.91 Å². The lowest BCUT2D eigenvalue weighted by Gasteiger charge is -2.10. The highest BCUT2D eigenvalue weighted by Crippen LogP contribution is 2.12. The Morgan fingerprint density at radius 2 is 1.05 bits per heavy atom. The fourth-order valence-electron chi connectivity index (χ4n) is 2.35. The van der Waals surface area contributed by atoms with E-state index in [-0.39, 0.29) is 11.3 Å². The molecule has 22 heavy (non-hydrogen) atoms. The summed E-state index contributed by atoms with van der Waals surface area (Å²) in [7, 11) is 0. The van der Waals surface area contributed by atoms with Crippen molar-refractivity contribution in [2.24, 2.45) is 0 Å². The number of imide groups is 3. The molecule has 6 nitrogen and oxygen atoms in total. The zero-order valence-electron chi connectivity index (χ0n) is 13.6. The number of amides is 3. The first kappa shape index (κ1) is 20.4. The monoisotopic (exact) mass is 315 g/mol. The molecule has 0 aliphatic rings. The number of carboxylic acid groups (broad SMARTS) is 2. The molecule has 0 aromatic carbocycles. The van der Waals surface area contributed by atoms with E-state index in [0.29, 0.717) is 6.42 Å². The minimum atomic E-state index is -1.74. The topological polar surface area (TPSA) is 94.9 Å². The standard InChI is InChI=1S/C16H29NO5/c1-2-3-4-5-6-7-8-9-10-11-12-13-14(18)17(15(19)20)16(21)22/h2-13H2,1H3,(H,19,20)(H,21,22). The SMILES string of the molecule is CCCCCCCCCCCCCC(=O)N(C(=O)O)C(=O)O. The van der Waals surface area contributed by atoms with Crippen molar-refractivity contribution in [2.75, 3.05) is 0 Å².